The lowest BCUT2D eigenvalue weighted by Gasteiger charge is -2.47. The van der Waals surface area contributed by atoms with Crippen molar-refractivity contribution in [2.75, 3.05) is 20.3 Å². The average molecular weight is 444 g/mol. The summed E-state index contributed by atoms with van der Waals surface area (Å²) in [5.41, 5.74) is 1.71. The van der Waals surface area contributed by atoms with E-state index in [-0.39, 0.29) is 12.2 Å². The van der Waals surface area contributed by atoms with E-state index in [1.165, 1.54) is 5.56 Å². The van der Waals surface area contributed by atoms with Gasteiger partial charge in [-0.2, -0.15) is 4.68 Å². The third-order valence-electron chi connectivity index (χ3n) is 6.01. The Labute approximate surface area is 186 Å². The Kier molecular flexibility index (Phi) is 6.83. The number of tetrazole rings is 1. The maximum Gasteiger partial charge on any atom is 0.176 e. The Morgan fingerprint density at radius 2 is 1.90 bits per heavy atom. The smallest absolute Gasteiger partial charge is 0.176 e. The van der Waals surface area contributed by atoms with E-state index in [1.807, 2.05) is 42.5 Å². The van der Waals surface area contributed by atoms with Gasteiger partial charge in [0.25, 0.3) is 0 Å². The first-order valence-electron chi connectivity index (χ1n) is 10.7. The molecule has 1 heterocycles. The fraction of sp³-hybridized carbons (Fsp3) is 0.435. The van der Waals surface area contributed by atoms with Crippen LogP contribution in [0.25, 0.3) is 5.69 Å². The molecule has 3 aromatic rings. The number of unbranched alkanes of at least 4 members (excludes halogenated alkanes) is 2. The van der Waals surface area contributed by atoms with Gasteiger partial charge in [-0.15, -0.1) is 5.10 Å². The standard InChI is InChI=1S/C23H27ClFN5O/c1-31-21-8-4-3-7-20(21)17-15-23(16-17,26-14-6-2-5-13-25)22-27-28-29-30(22)19-11-9-18(24)10-12-19/h3-4,7-12,17,26H,2,5-6,13-16H2,1H3. The van der Waals surface area contributed by atoms with E-state index < -0.39 is 0 Å². The van der Waals surface area contributed by atoms with Crippen molar-refractivity contribution in [2.24, 2.45) is 0 Å². The molecule has 0 atom stereocenters. The van der Waals surface area contributed by atoms with Gasteiger partial charge in [-0.3, -0.25) is 4.39 Å². The highest BCUT2D eigenvalue weighted by Crippen LogP contribution is 2.52. The molecule has 31 heavy (non-hydrogen) atoms. The van der Waals surface area contributed by atoms with Crippen molar-refractivity contribution in [3.05, 3.63) is 64.9 Å². The zero-order valence-electron chi connectivity index (χ0n) is 17.6. The first kappa shape index (κ1) is 21.7. The quantitative estimate of drug-likeness (QED) is 0.455. The van der Waals surface area contributed by atoms with E-state index in [0.717, 1.165) is 49.5 Å². The summed E-state index contributed by atoms with van der Waals surface area (Å²) in [5.74, 6) is 2.03. The molecule has 0 spiro atoms. The van der Waals surface area contributed by atoms with Crippen LogP contribution in [0.4, 0.5) is 4.39 Å². The maximum absolute atomic E-state index is 12.5. The molecule has 0 unspecified atom stereocenters. The summed E-state index contributed by atoms with van der Waals surface area (Å²) in [7, 11) is 1.70. The normalized spacial score (nSPS) is 20.4. The van der Waals surface area contributed by atoms with Gasteiger partial charge in [0.05, 0.1) is 25.0 Å². The summed E-state index contributed by atoms with van der Waals surface area (Å²) in [5, 5.41) is 17.0. The number of halogens is 2. The Morgan fingerprint density at radius 1 is 1.13 bits per heavy atom. The first-order chi connectivity index (χ1) is 15.2. The number of hydrogen-bond acceptors (Lipinski definition) is 5. The minimum Gasteiger partial charge on any atom is -0.496 e. The molecule has 1 N–H and O–H groups in total. The lowest BCUT2D eigenvalue weighted by Crippen LogP contribution is -2.53. The van der Waals surface area contributed by atoms with Gasteiger partial charge in [0.2, 0.25) is 0 Å². The minimum atomic E-state index is -0.357. The first-order valence-corrected chi connectivity index (χ1v) is 11.0. The highest BCUT2D eigenvalue weighted by molar-refractivity contribution is 6.30. The molecule has 1 fully saturated rings. The second-order valence-electron chi connectivity index (χ2n) is 8.00. The van der Waals surface area contributed by atoms with Crippen molar-refractivity contribution in [3.8, 4) is 11.4 Å². The van der Waals surface area contributed by atoms with Gasteiger partial charge < -0.3 is 10.1 Å². The number of methoxy groups -OCH3 is 1. The molecule has 1 aromatic heterocycles. The van der Waals surface area contributed by atoms with Crippen molar-refractivity contribution in [1.82, 2.24) is 25.5 Å². The second kappa shape index (κ2) is 9.75. The van der Waals surface area contributed by atoms with Crippen molar-refractivity contribution < 1.29 is 9.13 Å². The third kappa shape index (κ3) is 4.57. The largest absolute Gasteiger partial charge is 0.496 e. The summed E-state index contributed by atoms with van der Waals surface area (Å²) in [6, 6.07) is 15.6. The Morgan fingerprint density at radius 3 is 2.65 bits per heavy atom. The molecule has 0 amide bonds. The predicted molar refractivity (Wildman–Crippen MR) is 119 cm³/mol. The van der Waals surface area contributed by atoms with Crippen LogP contribution in [0.5, 0.6) is 5.75 Å². The SMILES string of the molecule is COc1ccccc1C1CC(NCCCCCF)(c2nnnn2-c2ccc(Cl)cc2)C1. The monoisotopic (exact) mass is 443 g/mol. The molecule has 1 aliphatic rings. The van der Waals surface area contributed by atoms with Gasteiger partial charge in [-0.25, -0.2) is 0 Å². The number of hydrogen-bond donors (Lipinski definition) is 1. The van der Waals surface area contributed by atoms with Crippen molar-refractivity contribution in [3.63, 3.8) is 0 Å². The molecule has 0 saturated heterocycles. The van der Waals surface area contributed by atoms with Gasteiger partial charge in [0.15, 0.2) is 5.82 Å². The summed E-state index contributed by atoms with van der Waals surface area (Å²) in [6.07, 6.45) is 4.07. The zero-order valence-corrected chi connectivity index (χ0v) is 18.4. The van der Waals surface area contributed by atoms with Crippen molar-refractivity contribution in [1.29, 1.82) is 0 Å². The summed E-state index contributed by atoms with van der Waals surface area (Å²) >= 11 is 6.06. The minimum absolute atomic E-state index is 0.268. The number of alkyl halides is 1. The van der Waals surface area contributed by atoms with Crippen molar-refractivity contribution >= 4 is 11.6 Å². The molecule has 0 bridgehead atoms. The topological polar surface area (TPSA) is 64.9 Å². The molecule has 164 valence electrons. The third-order valence-corrected chi connectivity index (χ3v) is 6.26. The van der Waals surface area contributed by atoms with E-state index >= 15 is 0 Å². The highest BCUT2D eigenvalue weighted by atomic mass is 35.5. The van der Waals surface area contributed by atoms with Crippen LogP contribution in [0.3, 0.4) is 0 Å². The molecule has 0 radical (unpaired) electrons. The van der Waals surface area contributed by atoms with Crippen LogP contribution in [0.1, 0.15) is 49.4 Å². The fourth-order valence-corrected chi connectivity index (χ4v) is 4.50. The van der Waals surface area contributed by atoms with Gasteiger partial charge in [-0.1, -0.05) is 29.8 Å². The maximum atomic E-state index is 12.5. The Bertz CT molecular complexity index is 988. The molecular weight excluding hydrogens is 417 g/mol. The number of rotatable bonds is 10. The molecular formula is C23H27ClFN5O. The van der Waals surface area contributed by atoms with Crippen LogP contribution in [-0.4, -0.2) is 40.5 Å². The van der Waals surface area contributed by atoms with E-state index in [0.29, 0.717) is 17.4 Å². The van der Waals surface area contributed by atoms with E-state index in [9.17, 15) is 4.39 Å². The van der Waals surface area contributed by atoms with Gasteiger partial charge in [0, 0.05) is 5.02 Å². The van der Waals surface area contributed by atoms with Crippen LogP contribution in [0.15, 0.2) is 48.5 Å². The van der Waals surface area contributed by atoms with E-state index in [1.54, 1.807) is 11.8 Å². The van der Waals surface area contributed by atoms with Crippen molar-refractivity contribution in [2.45, 2.75) is 43.6 Å². The summed E-state index contributed by atoms with van der Waals surface area (Å²) in [6.45, 7) is 0.516. The Balaban J connectivity index is 1.59. The average Bonchev–Trinajstić information content (AvgIpc) is 3.26. The molecule has 1 aliphatic carbocycles. The number of para-hydroxylation sites is 1. The van der Waals surface area contributed by atoms with Gasteiger partial charge in [0.1, 0.15) is 5.75 Å². The van der Waals surface area contributed by atoms with Crippen LogP contribution >= 0.6 is 11.6 Å². The second-order valence-corrected chi connectivity index (χ2v) is 8.43. The van der Waals surface area contributed by atoms with Crippen LogP contribution in [0, 0.1) is 0 Å². The van der Waals surface area contributed by atoms with E-state index in [2.05, 4.69) is 26.9 Å². The molecule has 2 aromatic carbocycles. The molecule has 8 heteroatoms. The lowest BCUT2D eigenvalue weighted by atomic mass is 9.64. The number of aromatic nitrogens is 4. The summed E-state index contributed by atoms with van der Waals surface area (Å²) in [4.78, 5) is 0. The van der Waals surface area contributed by atoms with Crippen LogP contribution in [-0.2, 0) is 5.54 Å². The number of nitrogens with zero attached hydrogens (tertiary/aromatic N) is 4. The molecule has 6 nitrogen and oxygen atoms in total. The van der Waals surface area contributed by atoms with Crippen LogP contribution in [0.2, 0.25) is 5.02 Å². The lowest BCUT2D eigenvalue weighted by molar-refractivity contribution is 0.134. The molecule has 1 saturated carbocycles. The number of ether oxygens (including phenoxy) is 1. The molecule has 0 aliphatic heterocycles. The predicted octanol–water partition coefficient (Wildman–Crippen LogP) is 4.83. The number of benzene rings is 2. The summed E-state index contributed by atoms with van der Waals surface area (Å²) < 4.78 is 19.8. The highest BCUT2D eigenvalue weighted by Gasteiger charge is 2.50. The van der Waals surface area contributed by atoms with Gasteiger partial charge >= 0.3 is 0 Å². The Hall–Kier alpha value is -2.51. The van der Waals surface area contributed by atoms with Crippen LogP contribution < -0.4 is 10.1 Å². The fourth-order valence-electron chi connectivity index (χ4n) is 4.38. The van der Waals surface area contributed by atoms with Gasteiger partial charge in [-0.05, 0) is 90.9 Å². The zero-order chi connectivity index (χ0) is 21.7. The molecule has 4 rings (SSSR count). The number of nitrogens with one attached hydrogen (secondary N) is 1. The van der Waals surface area contributed by atoms with E-state index in [4.69, 9.17) is 16.3 Å².